The highest BCUT2D eigenvalue weighted by atomic mass is 16.6. The molecule has 0 fully saturated rings. The van der Waals surface area contributed by atoms with Gasteiger partial charge in [0.05, 0.1) is 6.61 Å². The van der Waals surface area contributed by atoms with Crippen LogP contribution in [0.5, 0.6) is 5.75 Å². The van der Waals surface area contributed by atoms with Crippen LogP contribution in [-0.4, -0.2) is 25.2 Å². The van der Waals surface area contributed by atoms with Crippen LogP contribution in [0.1, 0.15) is 25.8 Å². The van der Waals surface area contributed by atoms with Gasteiger partial charge in [0, 0.05) is 6.04 Å². The fraction of sp³-hybridized carbons (Fsp3) is 0.500. The molecule has 0 aliphatic carbocycles. The molecule has 0 spiro atoms. The van der Waals surface area contributed by atoms with E-state index in [0.29, 0.717) is 12.4 Å². The smallest absolute Gasteiger partial charge is 0.344 e. The molecule has 2 N–H and O–H groups in total. The maximum Gasteiger partial charge on any atom is 0.344 e. The quantitative estimate of drug-likeness (QED) is 0.752. The molecule has 1 aromatic rings. The van der Waals surface area contributed by atoms with Gasteiger partial charge in [0.1, 0.15) is 5.75 Å². The number of nitrogens with two attached hydrogens (primary N) is 1. The second-order valence-electron chi connectivity index (χ2n) is 4.11. The highest BCUT2D eigenvalue weighted by Crippen LogP contribution is 2.15. The van der Waals surface area contributed by atoms with Gasteiger partial charge in [-0.05, 0) is 37.5 Å². The second kappa shape index (κ2) is 7.71. The molecule has 0 aliphatic heterocycles. The van der Waals surface area contributed by atoms with Crippen LogP contribution in [-0.2, 0) is 16.0 Å². The van der Waals surface area contributed by atoms with Crippen LogP contribution in [0, 0.1) is 0 Å². The van der Waals surface area contributed by atoms with E-state index in [1.54, 1.807) is 6.92 Å². The van der Waals surface area contributed by atoms with Crippen LogP contribution in [0.3, 0.4) is 0 Å². The molecule has 1 aromatic carbocycles. The maximum atomic E-state index is 11.2. The number of hydrogen-bond acceptors (Lipinski definition) is 4. The third-order valence-electron chi connectivity index (χ3n) is 2.58. The van der Waals surface area contributed by atoms with Crippen molar-refractivity contribution in [1.29, 1.82) is 0 Å². The van der Waals surface area contributed by atoms with E-state index < -0.39 is 0 Å². The van der Waals surface area contributed by atoms with Crippen molar-refractivity contribution in [2.24, 2.45) is 5.73 Å². The van der Waals surface area contributed by atoms with Crippen LogP contribution >= 0.6 is 0 Å². The predicted octanol–water partition coefficient (Wildman–Crippen LogP) is 1.91. The van der Waals surface area contributed by atoms with E-state index in [4.69, 9.17) is 15.2 Å². The van der Waals surface area contributed by atoms with Crippen LogP contribution in [0.4, 0.5) is 0 Å². The first-order valence-electron chi connectivity index (χ1n) is 6.28. The minimum absolute atomic E-state index is 0.0584. The van der Waals surface area contributed by atoms with Crippen LogP contribution in [0.2, 0.25) is 0 Å². The molecular formula is C14H21NO3. The van der Waals surface area contributed by atoms with Gasteiger partial charge in [-0.1, -0.05) is 19.1 Å². The van der Waals surface area contributed by atoms with Gasteiger partial charge in [-0.25, -0.2) is 4.79 Å². The van der Waals surface area contributed by atoms with Crippen molar-refractivity contribution in [1.82, 2.24) is 0 Å². The first kappa shape index (κ1) is 14.5. The highest BCUT2D eigenvalue weighted by Gasteiger charge is 2.05. The normalized spacial score (nSPS) is 11.9. The topological polar surface area (TPSA) is 61.5 Å². The fourth-order valence-corrected chi connectivity index (χ4v) is 1.55. The molecule has 0 amide bonds. The van der Waals surface area contributed by atoms with Crippen LogP contribution in [0.15, 0.2) is 24.3 Å². The number of carbonyl (C=O) groups is 1. The summed E-state index contributed by atoms with van der Waals surface area (Å²) in [6.45, 7) is 4.14. The SMILES string of the molecule is CCOC(=O)COc1cccc(CC(N)CC)c1. The average molecular weight is 251 g/mol. The van der Waals surface area contributed by atoms with Crippen molar-refractivity contribution in [3.63, 3.8) is 0 Å². The summed E-state index contributed by atoms with van der Waals surface area (Å²) in [7, 11) is 0. The largest absolute Gasteiger partial charge is 0.482 e. The third-order valence-corrected chi connectivity index (χ3v) is 2.58. The molecule has 0 radical (unpaired) electrons. The monoisotopic (exact) mass is 251 g/mol. The van der Waals surface area contributed by atoms with E-state index in [0.717, 1.165) is 18.4 Å². The Morgan fingerprint density at radius 3 is 2.83 bits per heavy atom. The molecule has 0 saturated carbocycles. The highest BCUT2D eigenvalue weighted by molar-refractivity contribution is 5.71. The van der Waals surface area contributed by atoms with Crippen molar-refractivity contribution >= 4 is 5.97 Å². The summed E-state index contributed by atoms with van der Waals surface area (Å²) in [6, 6.07) is 7.80. The lowest BCUT2D eigenvalue weighted by Gasteiger charge is -2.10. The molecule has 1 atom stereocenters. The second-order valence-corrected chi connectivity index (χ2v) is 4.11. The van der Waals surface area contributed by atoms with Crippen molar-refractivity contribution in [3.8, 4) is 5.75 Å². The van der Waals surface area contributed by atoms with Gasteiger partial charge >= 0.3 is 5.97 Å². The van der Waals surface area contributed by atoms with Gasteiger partial charge in [0.25, 0.3) is 0 Å². The van der Waals surface area contributed by atoms with Crippen LogP contribution < -0.4 is 10.5 Å². The first-order chi connectivity index (χ1) is 8.65. The summed E-state index contributed by atoms with van der Waals surface area (Å²) in [5, 5.41) is 0. The lowest BCUT2D eigenvalue weighted by atomic mass is 10.0. The van der Waals surface area contributed by atoms with Gasteiger partial charge in [0.2, 0.25) is 0 Å². The minimum Gasteiger partial charge on any atom is -0.482 e. The van der Waals surface area contributed by atoms with E-state index in [-0.39, 0.29) is 18.6 Å². The Labute approximate surface area is 108 Å². The zero-order valence-electron chi connectivity index (χ0n) is 11.0. The Morgan fingerprint density at radius 1 is 1.39 bits per heavy atom. The standard InChI is InChI=1S/C14H21NO3/c1-3-12(15)8-11-6-5-7-13(9-11)18-10-14(16)17-4-2/h5-7,9,12H,3-4,8,10,15H2,1-2H3. The zero-order chi connectivity index (χ0) is 13.4. The zero-order valence-corrected chi connectivity index (χ0v) is 11.0. The number of esters is 1. The molecule has 100 valence electrons. The molecule has 4 heteroatoms. The summed E-state index contributed by atoms with van der Waals surface area (Å²) in [5.41, 5.74) is 7.02. The Bertz CT molecular complexity index is 379. The van der Waals surface area contributed by atoms with Gasteiger partial charge in [0.15, 0.2) is 6.61 Å². The number of rotatable bonds is 7. The van der Waals surface area contributed by atoms with Crippen LogP contribution in [0.25, 0.3) is 0 Å². The summed E-state index contributed by atoms with van der Waals surface area (Å²) >= 11 is 0. The van der Waals surface area contributed by atoms with E-state index >= 15 is 0 Å². The predicted molar refractivity (Wildman–Crippen MR) is 70.5 cm³/mol. The summed E-state index contributed by atoms with van der Waals surface area (Å²) < 4.78 is 10.2. The average Bonchev–Trinajstić information content (AvgIpc) is 2.37. The molecule has 1 unspecified atom stereocenters. The van der Waals surface area contributed by atoms with Crippen molar-refractivity contribution in [2.75, 3.05) is 13.2 Å². The molecule has 0 aromatic heterocycles. The summed E-state index contributed by atoms with van der Waals surface area (Å²) in [6.07, 6.45) is 1.75. The van der Waals surface area contributed by atoms with Crippen molar-refractivity contribution in [2.45, 2.75) is 32.7 Å². The Morgan fingerprint density at radius 2 is 2.17 bits per heavy atom. The van der Waals surface area contributed by atoms with Gasteiger partial charge in [-0.3, -0.25) is 0 Å². The number of hydrogen-bond donors (Lipinski definition) is 1. The number of carbonyl (C=O) groups excluding carboxylic acids is 1. The molecule has 0 heterocycles. The molecule has 0 saturated heterocycles. The van der Waals surface area contributed by atoms with E-state index in [9.17, 15) is 4.79 Å². The lowest BCUT2D eigenvalue weighted by molar-refractivity contribution is -0.145. The van der Waals surface area contributed by atoms with Gasteiger partial charge in [-0.2, -0.15) is 0 Å². The number of ether oxygens (including phenoxy) is 2. The maximum absolute atomic E-state index is 11.2. The van der Waals surface area contributed by atoms with E-state index in [1.807, 2.05) is 24.3 Å². The lowest BCUT2D eigenvalue weighted by Crippen LogP contribution is -2.21. The molecule has 18 heavy (non-hydrogen) atoms. The van der Waals surface area contributed by atoms with Crippen molar-refractivity contribution in [3.05, 3.63) is 29.8 Å². The van der Waals surface area contributed by atoms with E-state index in [2.05, 4.69) is 6.92 Å². The summed E-state index contributed by atoms with van der Waals surface area (Å²) in [5.74, 6) is 0.317. The molecular weight excluding hydrogens is 230 g/mol. The fourth-order valence-electron chi connectivity index (χ4n) is 1.55. The van der Waals surface area contributed by atoms with E-state index in [1.165, 1.54) is 0 Å². The molecule has 4 nitrogen and oxygen atoms in total. The first-order valence-corrected chi connectivity index (χ1v) is 6.28. The third kappa shape index (κ3) is 5.19. The minimum atomic E-state index is -0.354. The van der Waals surface area contributed by atoms with Gasteiger partial charge in [-0.15, -0.1) is 0 Å². The Kier molecular flexibility index (Phi) is 6.22. The molecule has 1 rings (SSSR count). The number of benzene rings is 1. The molecule has 0 aliphatic rings. The summed E-state index contributed by atoms with van der Waals surface area (Å²) in [4.78, 5) is 11.2. The molecule has 0 bridgehead atoms. The Balaban J connectivity index is 2.51. The Hall–Kier alpha value is -1.55. The van der Waals surface area contributed by atoms with Gasteiger partial charge < -0.3 is 15.2 Å². The van der Waals surface area contributed by atoms with Crippen molar-refractivity contribution < 1.29 is 14.3 Å².